The van der Waals surface area contributed by atoms with Crippen molar-refractivity contribution in [3.05, 3.63) is 170 Å². The van der Waals surface area contributed by atoms with Gasteiger partial charge in [-0.1, -0.05) is 97.1 Å². The van der Waals surface area contributed by atoms with Gasteiger partial charge in [-0.3, -0.25) is 0 Å². The number of aromatic amines is 1. The second kappa shape index (κ2) is 12.7. The minimum Gasteiger partial charge on any atom is -0.396 e. The zero-order valence-corrected chi connectivity index (χ0v) is 26.6. The van der Waals surface area contributed by atoms with Gasteiger partial charge in [0.05, 0.1) is 11.4 Å². The van der Waals surface area contributed by atoms with Gasteiger partial charge in [-0.15, -0.1) is 0 Å². The van der Waals surface area contributed by atoms with E-state index in [-0.39, 0.29) is 0 Å². The average molecular weight is 636 g/mol. The molecule has 0 radical (unpaired) electrons. The molecule has 7 nitrogen and oxygen atoms in total. The Morgan fingerprint density at radius 3 is 0.898 bits per heavy atom. The van der Waals surface area contributed by atoms with Crippen LogP contribution in [-0.2, 0) is 0 Å². The molecule has 236 valence electrons. The second-order valence-electron chi connectivity index (χ2n) is 11.7. The first kappa shape index (κ1) is 29.5. The number of nitrogens with zero attached hydrogens (tertiary/aromatic N) is 4. The lowest BCUT2D eigenvalue weighted by Crippen LogP contribution is -2.09. The van der Waals surface area contributed by atoms with Crippen molar-refractivity contribution in [2.45, 2.75) is 0 Å². The fraction of sp³-hybridized carbons (Fsp3) is 0. The summed E-state index contributed by atoms with van der Waals surface area (Å²) >= 11 is 0. The molecule has 49 heavy (non-hydrogen) atoms. The highest BCUT2D eigenvalue weighted by molar-refractivity contribution is 6.12. The van der Waals surface area contributed by atoms with Crippen molar-refractivity contribution in [2.75, 3.05) is 21.3 Å². The van der Waals surface area contributed by atoms with Gasteiger partial charge >= 0.3 is 0 Å². The quantitative estimate of drug-likeness (QED) is 0.144. The normalized spacial score (nSPS) is 11.0. The highest BCUT2D eigenvalue weighted by Gasteiger charge is 2.22. The van der Waals surface area contributed by atoms with E-state index in [0.29, 0.717) is 22.4 Å². The Kier molecular flexibility index (Phi) is 7.68. The number of nitrogen functional groups attached to an aromatic ring is 2. The number of para-hydroxylation sites is 4. The summed E-state index contributed by atoms with van der Waals surface area (Å²) in [6.07, 6.45) is 0. The first-order chi connectivity index (χ1) is 24.2. The zero-order valence-electron chi connectivity index (χ0n) is 26.6. The minimum absolute atomic E-state index is 0.464. The van der Waals surface area contributed by atoms with Crippen molar-refractivity contribution in [2.24, 2.45) is 0 Å². The Hall–Kier alpha value is -6.86. The molecule has 7 aromatic carbocycles. The maximum Gasteiger partial charge on any atom is 0.123 e. The number of H-pyrrole nitrogens is 1. The maximum absolute atomic E-state index is 6.86. The molecule has 0 atom stereocenters. The molecule has 0 amide bonds. The highest BCUT2D eigenvalue weighted by atomic mass is 15.3. The Bertz CT molecular complexity index is 2080. The average Bonchev–Trinajstić information content (AvgIpc) is 3.64. The topological polar surface area (TPSA) is 100 Å². The second-order valence-corrected chi connectivity index (χ2v) is 11.7. The number of rotatable bonds is 8. The summed E-state index contributed by atoms with van der Waals surface area (Å²) in [7, 11) is 0. The van der Waals surface area contributed by atoms with Crippen molar-refractivity contribution in [1.82, 2.24) is 15.4 Å². The molecule has 8 rings (SSSR count). The van der Waals surface area contributed by atoms with Gasteiger partial charge in [0.25, 0.3) is 0 Å². The summed E-state index contributed by atoms with van der Waals surface area (Å²) < 4.78 is 0. The fourth-order valence-corrected chi connectivity index (χ4v) is 6.45. The van der Waals surface area contributed by atoms with Crippen molar-refractivity contribution in [3.8, 4) is 22.3 Å². The lowest BCUT2D eigenvalue weighted by molar-refractivity contribution is 0.960. The summed E-state index contributed by atoms with van der Waals surface area (Å²) in [5, 5.41) is 12.0. The first-order valence-electron chi connectivity index (χ1n) is 16.1. The van der Waals surface area contributed by atoms with Gasteiger partial charge in [0.2, 0.25) is 0 Å². The molecule has 0 spiro atoms. The number of anilines is 8. The van der Waals surface area contributed by atoms with Crippen molar-refractivity contribution < 1.29 is 0 Å². The predicted molar refractivity (Wildman–Crippen MR) is 203 cm³/mol. The number of benzene rings is 7. The van der Waals surface area contributed by atoms with E-state index in [0.717, 1.165) is 56.4 Å². The number of nitrogens with two attached hydrogens (primary N) is 2. The molecule has 5 N–H and O–H groups in total. The van der Waals surface area contributed by atoms with Crippen LogP contribution in [0, 0.1) is 0 Å². The van der Waals surface area contributed by atoms with E-state index >= 15 is 0 Å². The van der Waals surface area contributed by atoms with Crippen molar-refractivity contribution in [3.63, 3.8) is 0 Å². The lowest BCUT2D eigenvalue weighted by atomic mass is 9.93. The van der Waals surface area contributed by atoms with Crippen LogP contribution in [0.25, 0.3) is 33.3 Å². The van der Waals surface area contributed by atoms with Crippen LogP contribution in [0.1, 0.15) is 0 Å². The van der Waals surface area contributed by atoms with E-state index in [9.17, 15) is 0 Å². The SMILES string of the molecule is Nc1c(N)c(-c2ccc(N(c3ccccc3)c3ccccc3)cc2)c2n[nH]nc2c1-c1ccc(N(c2ccccc2)c2ccccc2)cc1. The highest BCUT2D eigenvalue weighted by Crippen LogP contribution is 2.45. The smallest absolute Gasteiger partial charge is 0.123 e. The molecule has 7 heteroatoms. The molecule has 0 saturated carbocycles. The Morgan fingerprint density at radius 2 is 0.612 bits per heavy atom. The van der Waals surface area contributed by atoms with Crippen LogP contribution >= 0.6 is 0 Å². The van der Waals surface area contributed by atoms with Gasteiger partial charge in [0.1, 0.15) is 11.0 Å². The Labute approximate surface area is 284 Å². The predicted octanol–water partition coefficient (Wildman–Crippen LogP) is 10.4. The number of hydrogen-bond donors (Lipinski definition) is 3. The zero-order chi connectivity index (χ0) is 33.2. The van der Waals surface area contributed by atoms with Gasteiger partial charge in [0, 0.05) is 45.3 Å². The van der Waals surface area contributed by atoms with E-state index in [1.54, 1.807) is 0 Å². The maximum atomic E-state index is 6.86. The van der Waals surface area contributed by atoms with Gasteiger partial charge < -0.3 is 21.3 Å². The molecule has 0 unspecified atom stereocenters. The lowest BCUT2D eigenvalue weighted by Gasteiger charge is -2.26. The number of fused-ring (bicyclic) bond motifs is 1. The number of nitrogens with one attached hydrogen (secondary N) is 1. The molecular weight excluding hydrogens is 603 g/mol. The standard InChI is InChI=1S/C42H33N7/c43-39-37(29-21-25-35(26-22-29)48(31-13-5-1-6-14-31)32-15-7-2-8-16-32)41-42(46-47-45-41)38(40(39)44)30-23-27-36(28-24-30)49(33-17-9-3-10-18-33)34-19-11-4-12-20-34/h1-28H,43-44H2,(H,45,46,47). The summed E-state index contributed by atoms with van der Waals surface area (Å²) in [5.74, 6) is 0. The van der Waals surface area contributed by atoms with Crippen LogP contribution in [0.3, 0.4) is 0 Å². The molecule has 0 fully saturated rings. The molecule has 0 aliphatic carbocycles. The van der Waals surface area contributed by atoms with Crippen molar-refractivity contribution >= 4 is 56.5 Å². The molecule has 8 aromatic rings. The molecule has 0 aliphatic heterocycles. The third-order valence-corrected chi connectivity index (χ3v) is 8.74. The molecular formula is C42H33N7. The van der Waals surface area contributed by atoms with Crippen molar-refractivity contribution in [1.29, 1.82) is 0 Å². The van der Waals surface area contributed by atoms with E-state index in [1.807, 2.05) is 72.8 Å². The Morgan fingerprint density at radius 1 is 0.347 bits per heavy atom. The third-order valence-electron chi connectivity index (χ3n) is 8.74. The third kappa shape index (κ3) is 5.49. The van der Waals surface area contributed by atoms with Crippen LogP contribution in [0.4, 0.5) is 45.5 Å². The minimum atomic E-state index is 0.464. The van der Waals surface area contributed by atoms with E-state index in [2.05, 4.69) is 122 Å². The summed E-state index contributed by atoms with van der Waals surface area (Å²) in [5.41, 5.74) is 25.6. The van der Waals surface area contributed by atoms with E-state index < -0.39 is 0 Å². The van der Waals surface area contributed by atoms with Crippen LogP contribution in [0.2, 0.25) is 0 Å². The fourth-order valence-electron chi connectivity index (χ4n) is 6.45. The summed E-state index contributed by atoms with van der Waals surface area (Å²) in [6, 6.07) is 57.9. The first-order valence-corrected chi connectivity index (χ1v) is 16.1. The number of aromatic nitrogens is 3. The summed E-state index contributed by atoms with van der Waals surface area (Å²) in [4.78, 5) is 4.44. The van der Waals surface area contributed by atoms with Crippen LogP contribution in [0.5, 0.6) is 0 Å². The molecule has 0 saturated heterocycles. The number of hydrogen-bond acceptors (Lipinski definition) is 6. The molecule has 0 bridgehead atoms. The van der Waals surface area contributed by atoms with Crippen LogP contribution < -0.4 is 21.3 Å². The van der Waals surface area contributed by atoms with E-state index in [4.69, 9.17) is 11.5 Å². The molecule has 0 aliphatic rings. The van der Waals surface area contributed by atoms with E-state index in [1.165, 1.54) is 0 Å². The summed E-state index contributed by atoms with van der Waals surface area (Å²) in [6.45, 7) is 0. The van der Waals surface area contributed by atoms with Gasteiger partial charge in [-0.2, -0.15) is 15.4 Å². The molecule has 1 heterocycles. The van der Waals surface area contributed by atoms with Gasteiger partial charge in [-0.05, 0) is 83.9 Å². The van der Waals surface area contributed by atoms with Gasteiger partial charge in [0.15, 0.2) is 0 Å². The van der Waals surface area contributed by atoms with Crippen LogP contribution in [0.15, 0.2) is 170 Å². The van der Waals surface area contributed by atoms with Gasteiger partial charge in [-0.25, -0.2) is 0 Å². The molecule has 1 aromatic heterocycles. The van der Waals surface area contributed by atoms with Crippen LogP contribution in [-0.4, -0.2) is 15.4 Å². The monoisotopic (exact) mass is 635 g/mol. The Balaban J connectivity index is 1.17. The largest absolute Gasteiger partial charge is 0.396 e.